The number of fused-ring (bicyclic) bond motifs is 1. The van der Waals surface area contributed by atoms with Gasteiger partial charge in [-0.3, -0.25) is 14.9 Å². The van der Waals surface area contributed by atoms with Gasteiger partial charge in [0.2, 0.25) is 5.58 Å². The van der Waals surface area contributed by atoms with Crippen molar-refractivity contribution < 1.29 is 22.9 Å². The lowest BCUT2D eigenvalue weighted by Crippen LogP contribution is -2.19. The van der Waals surface area contributed by atoms with E-state index >= 15 is 0 Å². The molecule has 3 aromatic rings. The second-order valence-corrected chi connectivity index (χ2v) is 5.43. The molecule has 9 heteroatoms. The first-order chi connectivity index (χ1) is 12.3. The normalized spacial score (nSPS) is 11.2. The van der Waals surface area contributed by atoms with Crippen LogP contribution in [0.1, 0.15) is 21.7 Å². The number of non-ortho nitro benzene ring substituents is 1. The Balaban J connectivity index is 1.83. The van der Waals surface area contributed by atoms with E-state index in [4.69, 9.17) is 4.42 Å². The van der Waals surface area contributed by atoms with E-state index in [1.165, 1.54) is 12.1 Å². The minimum Gasteiger partial charge on any atom is -0.448 e. The van der Waals surface area contributed by atoms with Gasteiger partial charge in [0.05, 0.1) is 16.7 Å². The molecule has 1 amide bonds. The van der Waals surface area contributed by atoms with Gasteiger partial charge in [0.15, 0.2) is 0 Å². The third kappa shape index (κ3) is 3.41. The van der Waals surface area contributed by atoms with Crippen LogP contribution in [0.25, 0.3) is 11.0 Å². The summed E-state index contributed by atoms with van der Waals surface area (Å²) in [6.07, 6.45) is 1.11. The Morgan fingerprint density at radius 3 is 2.77 bits per heavy atom. The van der Waals surface area contributed by atoms with Crippen LogP contribution in [0, 0.1) is 28.7 Å². The smallest absolute Gasteiger partial charge is 0.312 e. The zero-order valence-electron chi connectivity index (χ0n) is 13.3. The van der Waals surface area contributed by atoms with Crippen molar-refractivity contribution in [3.63, 3.8) is 0 Å². The number of furan rings is 1. The van der Waals surface area contributed by atoms with Crippen molar-refractivity contribution in [2.45, 2.75) is 6.92 Å². The Morgan fingerprint density at radius 1 is 1.27 bits per heavy atom. The molecule has 1 aromatic heterocycles. The lowest BCUT2D eigenvalue weighted by molar-refractivity contribution is -0.383. The van der Waals surface area contributed by atoms with Gasteiger partial charge in [0.1, 0.15) is 17.4 Å². The molecule has 1 N–H and O–H groups in total. The number of halogens is 2. The summed E-state index contributed by atoms with van der Waals surface area (Å²) >= 11 is 0. The molecular weight excluding hydrogens is 348 g/mol. The summed E-state index contributed by atoms with van der Waals surface area (Å²) in [5.41, 5.74) is 2.10. The summed E-state index contributed by atoms with van der Waals surface area (Å²) in [7, 11) is 0. The highest BCUT2D eigenvalue weighted by Crippen LogP contribution is 2.29. The van der Waals surface area contributed by atoms with Crippen LogP contribution in [0.4, 0.5) is 14.5 Å². The van der Waals surface area contributed by atoms with Crippen LogP contribution in [0.5, 0.6) is 0 Å². The summed E-state index contributed by atoms with van der Waals surface area (Å²) in [4.78, 5) is 22.3. The monoisotopic (exact) mass is 359 g/mol. The molecule has 2 aromatic carbocycles. The molecule has 7 nitrogen and oxygen atoms in total. The fourth-order valence-corrected chi connectivity index (χ4v) is 2.39. The van der Waals surface area contributed by atoms with Crippen molar-refractivity contribution in [3.8, 4) is 0 Å². The van der Waals surface area contributed by atoms with Crippen LogP contribution < -0.4 is 5.43 Å². The molecule has 0 unspecified atom stereocenters. The number of hydrogen-bond acceptors (Lipinski definition) is 5. The average molecular weight is 359 g/mol. The van der Waals surface area contributed by atoms with Crippen molar-refractivity contribution in [2.75, 3.05) is 0 Å². The number of hydrogen-bond donors (Lipinski definition) is 1. The fourth-order valence-electron chi connectivity index (χ4n) is 2.39. The Morgan fingerprint density at radius 2 is 2.04 bits per heavy atom. The Labute approximate surface area is 145 Å². The number of carbonyl (C=O) groups is 1. The number of aryl methyl sites for hydroxylation is 1. The van der Waals surface area contributed by atoms with Gasteiger partial charge in [0.25, 0.3) is 5.91 Å². The van der Waals surface area contributed by atoms with Gasteiger partial charge in [-0.25, -0.2) is 14.2 Å². The Bertz CT molecular complexity index is 1060. The van der Waals surface area contributed by atoms with E-state index in [1.807, 2.05) is 5.43 Å². The third-order valence-electron chi connectivity index (χ3n) is 3.49. The van der Waals surface area contributed by atoms with Crippen molar-refractivity contribution in [1.82, 2.24) is 5.43 Å². The van der Waals surface area contributed by atoms with Crippen molar-refractivity contribution in [1.29, 1.82) is 0 Å². The number of amides is 1. The number of nitro groups is 1. The molecule has 0 spiro atoms. The molecule has 1 heterocycles. The van der Waals surface area contributed by atoms with Crippen LogP contribution in [-0.4, -0.2) is 17.0 Å². The molecule has 0 saturated carbocycles. The first kappa shape index (κ1) is 17.2. The molecule has 26 heavy (non-hydrogen) atoms. The van der Waals surface area contributed by atoms with Gasteiger partial charge in [0, 0.05) is 11.5 Å². The van der Waals surface area contributed by atoms with Crippen molar-refractivity contribution in [3.05, 3.63) is 75.0 Å². The SMILES string of the molecule is Cc1cc([N+](=O)[O-])c2oc(/C=N/NC(=O)c3cc(F)ccc3F)cc2c1. The molecule has 0 bridgehead atoms. The number of benzene rings is 2. The highest BCUT2D eigenvalue weighted by molar-refractivity contribution is 5.96. The van der Waals surface area contributed by atoms with Crippen LogP contribution >= 0.6 is 0 Å². The number of nitrogens with zero attached hydrogens (tertiary/aromatic N) is 2. The molecule has 0 aliphatic rings. The summed E-state index contributed by atoms with van der Waals surface area (Å²) in [6.45, 7) is 1.71. The van der Waals surface area contributed by atoms with Gasteiger partial charge in [-0.15, -0.1) is 0 Å². The molecule has 0 fully saturated rings. The molecule has 0 atom stereocenters. The molecule has 132 valence electrons. The van der Waals surface area contributed by atoms with Crippen LogP contribution in [0.3, 0.4) is 0 Å². The second-order valence-electron chi connectivity index (χ2n) is 5.43. The quantitative estimate of drug-likeness (QED) is 0.436. The van der Waals surface area contributed by atoms with Crippen molar-refractivity contribution >= 4 is 28.8 Å². The summed E-state index contributed by atoms with van der Waals surface area (Å²) in [5.74, 6) is -2.46. The van der Waals surface area contributed by atoms with E-state index in [1.54, 1.807) is 13.0 Å². The van der Waals surface area contributed by atoms with Gasteiger partial charge in [-0.05, 0) is 42.8 Å². The van der Waals surface area contributed by atoms with E-state index in [9.17, 15) is 23.7 Å². The maximum Gasteiger partial charge on any atom is 0.312 e. The lowest BCUT2D eigenvalue weighted by atomic mass is 10.1. The highest BCUT2D eigenvalue weighted by atomic mass is 19.1. The minimum atomic E-state index is -0.948. The number of carbonyl (C=O) groups excluding carboxylic acids is 1. The second kappa shape index (κ2) is 6.71. The molecule has 3 rings (SSSR count). The van der Waals surface area contributed by atoms with Gasteiger partial charge >= 0.3 is 5.69 Å². The van der Waals surface area contributed by atoms with Crippen LogP contribution in [-0.2, 0) is 0 Å². The van der Waals surface area contributed by atoms with Gasteiger partial charge in [-0.1, -0.05) is 0 Å². The standard InChI is InChI=1S/C17H11F2N3O4/c1-9-4-10-6-12(26-16(10)15(5-9)22(24)25)8-20-21-17(23)13-7-11(18)2-3-14(13)19/h2-8H,1H3,(H,21,23)/b20-8+. The zero-order chi connectivity index (χ0) is 18.8. The van der Waals surface area contributed by atoms with Crippen LogP contribution in [0.15, 0.2) is 45.9 Å². The molecular formula is C17H11F2N3O4. The van der Waals surface area contributed by atoms with E-state index in [2.05, 4.69) is 5.10 Å². The molecule has 0 radical (unpaired) electrons. The predicted octanol–water partition coefficient (Wildman–Crippen LogP) is 3.69. The predicted molar refractivity (Wildman–Crippen MR) is 89.0 cm³/mol. The lowest BCUT2D eigenvalue weighted by Gasteiger charge is -2.01. The summed E-state index contributed by atoms with van der Waals surface area (Å²) in [5, 5.41) is 15.2. The molecule has 0 aliphatic heterocycles. The molecule has 0 aliphatic carbocycles. The van der Waals surface area contributed by atoms with E-state index < -0.39 is 28.0 Å². The van der Waals surface area contributed by atoms with E-state index in [0.717, 1.165) is 24.4 Å². The first-order valence-corrected chi connectivity index (χ1v) is 7.32. The van der Waals surface area contributed by atoms with Gasteiger partial charge in [-0.2, -0.15) is 5.10 Å². The highest BCUT2D eigenvalue weighted by Gasteiger charge is 2.17. The van der Waals surface area contributed by atoms with Crippen molar-refractivity contribution in [2.24, 2.45) is 5.10 Å². The average Bonchev–Trinajstić information content (AvgIpc) is 2.98. The first-order valence-electron chi connectivity index (χ1n) is 7.32. The number of hydrazone groups is 1. The largest absolute Gasteiger partial charge is 0.448 e. The Kier molecular flexibility index (Phi) is 4.44. The third-order valence-corrected chi connectivity index (χ3v) is 3.49. The van der Waals surface area contributed by atoms with Gasteiger partial charge < -0.3 is 4.42 Å². The topological polar surface area (TPSA) is 97.7 Å². The summed E-state index contributed by atoms with van der Waals surface area (Å²) in [6, 6.07) is 7.04. The van der Waals surface area contributed by atoms with E-state index in [0.29, 0.717) is 10.9 Å². The molecule has 0 saturated heterocycles. The summed E-state index contributed by atoms with van der Waals surface area (Å²) < 4.78 is 32.0. The van der Waals surface area contributed by atoms with Crippen LogP contribution in [0.2, 0.25) is 0 Å². The fraction of sp³-hybridized carbons (Fsp3) is 0.0588. The van der Waals surface area contributed by atoms with E-state index in [-0.39, 0.29) is 17.0 Å². The Hall–Kier alpha value is -3.62. The number of nitro benzene ring substituents is 1. The zero-order valence-corrected chi connectivity index (χ0v) is 13.3. The maximum absolute atomic E-state index is 13.5. The number of rotatable bonds is 4. The minimum absolute atomic E-state index is 0.0737. The maximum atomic E-state index is 13.5. The number of nitrogens with one attached hydrogen (secondary N) is 1.